The lowest BCUT2D eigenvalue weighted by Crippen LogP contribution is -2.57. The highest BCUT2D eigenvalue weighted by molar-refractivity contribution is 6.90. The smallest absolute Gasteiger partial charge is 0.410 e. The first kappa shape index (κ1) is 47.3. The number of fused-ring (bicyclic) bond motifs is 4. The fourth-order valence-corrected chi connectivity index (χ4v) is 16.2. The number of aromatic nitrogens is 4. The normalized spacial score (nSPS) is 21.4. The van der Waals surface area contributed by atoms with Gasteiger partial charge >= 0.3 is 18.1 Å². The van der Waals surface area contributed by atoms with Gasteiger partial charge in [0.1, 0.15) is 48.5 Å². The molecule has 5 heterocycles. The third kappa shape index (κ3) is 9.01. The van der Waals surface area contributed by atoms with Crippen molar-refractivity contribution < 1.29 is 32.9 Å². The van der Waals surface area contributed by atoms with Crippen LogP contribution in [0.1, 0.15) is 112 Å². The van der Waals surface area contributed by atoms with Gasteiger partial charge in [0.2, 0.25) is 0 Å². The van der Waals surface area contributed by atoms with Crippen molar-refractivity contribution in [2.45, 2.75) is 141 Å². The number of nitriles is 1. The van der Waals surface area contributed by atoms with E-state index in [-0.39, 0.29) is 55.2 Å². The lowest BCUT2D eigenvalue weighted by Gasteiger charge is -2.42. The third-order valence-corrected chi connectivity index (χ3v) is 20.7. The number of ether oxygens (including phenoxy) is 5. The molecule has 66 heavy (non-hydrogen) atoms. The molecule has 2 aromatic carbocycles. The highest BCUT2D eigenvalue weighted by atomic mass is 28.3. The SMILES string of the molecule is COCOc1cc(Oc2nc3nc(OCC4(C#N)CCN(C)C4)nc(N4CC5CCC(C4)N5C(=O)OC(C)(C)C)c3n2C2CCC2)c2c(C#C[Si](C(C)C)(C(C)C)C(C)C)c(F)ccc2c1. The number of rotatable bonds is 13. The van der Waals surface area contributed by atoms with Crippen LogP contribution in [0.2, 0.25) is 16.6 Å². The molecule has 3 unspecified atom stereocenters. The van der Waals surface area contributed by atoms with E-state index in [1.807, 2.05) is 38.8 Å². The molecule has 4 aliphatic rings. The van der Waals surface area contributed by atoms with Crippen molar-refractivity contribution in [1.29, 1.82) is 5.26 Å². The summed E-state index contributed by atoms with van der Waals surface area (Å²) in [6.45, 7) is 21.6. The zero-order chi connectivity index (χ0) is 47.3. The number of hydrogen-bond donors (Lipinski definition) is 0. The number of benzene rings is 2. The second-order valence-electron chi connectivity index (χ2n) is 20.9. The Morgan fingerprint density at radius 2 is 1.67 bits per heavy atom. The highest BCUT2D eigenvalue weighted by Gasteiger charge is 2.46. The summed E-state index contributed by atoms with van der Waals surface area (Å²) in [5.74, 6) is 4.41. The van der Waals surface area contributed by atoms with E-state index < -0.39 is 24.9 Å². The Hall–Kier alpha value is -5.16. The van der Waals surface area contributed by atoms with Crippen molar-refractivity contribution in [1.82, 2.24) is 29.3 Å². The van der Waals surface area contributed by atoms with E-state index in [1.54, 1.807) is 19.2 Å². The van der Waals surface area contributed by atoms with Crippen LogP contribution in [0, 0.1) is 34.0 Å². The Balaban J connectivity index is 1.28. The van der Waals surface area contributed by atoms with Crippen LogP contribution >= 0.6 is 0 Å². The minimum atomic E-state index is -2.27. The van der Waals surface area contributed by atoms with E-state index in [0.29, 0.717) is 81.9 Å². The number of methoxy groups -OCH3 is 1. The van der Waals surface area contributed by atoms with Crippen molar-refractivity contribution in [2.24, 2.45) is 5.41 Å². The van der Waals surface area contributed by atoms with E-state index in [1.165, 1.54) is 6.07 Å². The first-order valence-electron chi connectivity index (χ1n) is 23.7. The number of likely N-dealkylation sites (tertiary alicyclic amines) is 1. The van der Waals surface area contributed by atoms with Crippen molar-refractivity contribution in [2.75, 3.05) is 58.6 Å². The van der Waals surface area contributed by atoms with Gasteiger partial charge in [0.15, 0.2) is 18.3 Å². The molecule has 354 valence electrons. The van der Waals surface area contributed by atoms with Gasteiger partial charge < -0.3 is 33.5 Å². The Kier molecular flexibility index (Phi) is 13.3. The van der Waals surface area contributed by atoms with Gasteiger partial charge in [0.05, 0.1) is 23.7 Å². The molecule has 16 heteroatoms. The summed E-state index contributed by atoms with van der Waals surface area (Å²) in [4.78, 5) is 35.1. The number of amides is 1. The monoisotopic (exact) mass is 922 g/mol. The summed E-state index contributed by atoms with van der Waals surface area (Å²) >= 11 is 0. The Morgan fingerprint density at radius 3 is 2.24 bits per heavy atom. The summed E-state index contributed by atoms with van der Waals surface area (Å²) in [6.07, 6.45) is 4.81. The van der Waals surface area contributed by atoms with Gasteiger partial charge in [0, 0.05) is 44.2 Å². The minimum Gasteiger partial charge on any atom is -0.467 e. The molecular formula is C50H67FN8O6Si. The molecule has 8 rings (SSSR count). The maximum absolute atomic E-state index is 16.4. The van der Waals surface area contributed by atoms with Gasteiger partial charge in [-0.25, -0.2) is 9.18 Å². The molecule has 2 aromatic heterocycles. The van der Waals surface area contributed by atoms with Crippen LogP contribution in [0.5, 0.6) is 23.5 Å². The molecule has 0 N–H and O–H groups in total. The third-order valence-electron chi connectivity index (χ3n) is 14.4. The minimum absolute atomic E-state index is 0.00104. The van der Waals surface area contributed by atoms with Crippen molar-refractivity contribution >= 4 is 41.9 Å². The number of nitrogens with zero attached hydrogens (tertiary/aromatic N) is 8. The molecule has 0 radical (unpaired) electrons. The fraction of sp³-hybridized carbons (Fsp3) is 0.620. The van der Waals surface area contributed by atoms with Crippen LogP contribution in [-0.4, -0.2) is 115 Å². The molecule has 1 amide bonds. The molecule has 4 fully saturated rings. The largest absolute Gasteiger partial charge is 0.467 e. The number of piperazine rings is 1. The van der Waals surface area contributed by atoms with Gasteiger partial charge in [-0.15, -0.1) is 5.54 Å². The molecular weight excluding hydrogens is 856 g/mol. The van der Waals surface area contributed by atoms with Crippen LogP contribution in [0.4, 0.5) is 15.0 Å². The number of halogens is 1. The van der Waals surface area contributed by atoms with E-state index in [4.69, 9.17) is 38.6 Å². The maximum atomic E-state index is 16.4. The topological polar surface area (TPSA) is 140 Å². The first-order chi connectivity index (χ1) is 31.4. The van der Waals surface area contributed by atoms with Gasteiger partial charge in [-0.05, 0) is 107 Å². The van der Waals surface area contributed by atoms with Gasteiger partial charge in [-0.2, -0.15) is 20.2 Å². The molecule has 3 aliphatic heterocycles. The van der Waals surface area contributed by atoms with Gasteiger partial charge in [0.25, 0.3) is 0 Å². The van der Waals surface area contributed by atoms with E-state index in [0.717, 1.165) is 38.6 Å². The molecule has 1 aliphatic carbocycles. The maximum Gasteiger partial charge on any atom is 0.410 e. The molecule has 3 atom stereocenters. The number of carbonyl (C=O) groups is 1. The van der Waals surface area contributed by atoms with E-state index >= 15 is 4.39 Å². The standard InChI is InChI=1S/C50H67FN8O6Si/c1-31(2)66(32(3)4,33(5)6)22-19-39-40(51)18-15-34-23-38(63-30-61-11)24-41(42(34)39)64-47-54-44-43(59(47)35-13-12-14-35)45(55-46(53-44)62-29-50(27-52)20-21-56(10)28-50)57-25-36-16-17-37(26-57)58(36)48(60)65-49(7,8)9/h15,18,23-24,31-33,35-37H,12-14,16-17,20-21,25-26,28-30H2,1-11H3. The lowest BCUT2D eigenvalue weighted by molar-refractivity contribution is 0.0122. The van der Waals surface area contributed by atoms with Gasteiger partial charge in [-0.3, -0.25) is 9.47 Å². The second-order valence-corrected chi connectivity index (χ2v) is 26.5. The predicted octanol–water partition coefficient (Wildman–Crippen LogP) is 10.0. The zero-order valence-electron chi connectivity index (χ0n) is 40.7. The molecule has 0 spiro atoms. The molecule has 14 nitrogen and oxygen atoms in total. The van der Waals surface area contributed by atoms with Crippen LogP contribution in [0.15, 0.2) is 24.3 Å². The molecule has 2 bridgehead atoms. The van der Waals surface area contributed by atoms with Gasteiger partial charge in [-0.1, -0.05) is 53.5 Å². The number of carbonyl (C=O) groups excluding carboxylic acids is 1. The molecule has 4 aromatic rings. The van der Waals surface area contributed by atoms with Crippen LogP contribution < -0.4 is 19.1 Å². The van der Waals surface area contributed by atoms with Crippen molar-refractivity contribution in [3.63, 3.8) is 0 Å². The lowest BCUT2D eigenvalue weighted by atomic mass is 9.90. The summed E-state index contributed by atoms with van der Waals surface area (Å²) in [7, 11) is 1.29. The average Bonchev–Trinajstić information content (AvgIpc) is 3.88. The summed E-state index contributed by atoms with van der Waals surface area (Å²) in [5, 5.41) is 11.5. The Labute approximate surface area is 390 Å². The highest BCUT2D eigenvalue weighted by Crippen LogP contribution is 2.46. The summed E-state index contributed by atoms with van der Waals surface area (Å²) in [5.41, 5.74) is 4.78. The molecule has 1 saturated carbocycles. The average molecular weight is 923 g/mol. The summed E-state index contributed by atoms with van der Waals surface area (Å²) < 4.78 is 49.2. The predicted molar refractivity (Wildman–Crippen MR) is 255 cm³/mol. The van der Waals surface area contributed by atoms with Crippen molar-refractivity contribution in [3.8, 4) is 41.1 Å². The quantitative estimate of drug-likeness (QED) is 0.0716. The van der Waals surface area contributed by atoms with Crippen LogP contribution in [-0.2, 0) is 9.47 Å². The Morgan fingerprint density at radius 1 is 0.970 bits per heavy atom. The second kappa shape index (κ2) is 18.5. The fourth-order valence-electron chi connectivity index (χ4n) is 11.0. The Bertz CT molecular complexity index is 2540. The van der Waals surface area contributed by atoms with Crippen LogP contribution in [0.3, 0.4) is 0 Å². The number of hydrogen-bond acceptors (Lipinski definition) is 12. The zero-order valence-corrected chi connectivity index (χ0v) is 41.7. The first-order valence-corrected chi connectivity index (χ1v) is 26.0. The summed E-state index contributed by atoms with van der Waals surface area (Å²) in [6, 6.07) is 9.51. The van der Waals surface area contributed by atoms with Crippen molar-refractivity contribution in [3.05, 3.63) is 35.6 Å². The number of anilines is 1. The number of imidazole rings is 1. The van der Waals surface area contributed by atoms with E-state index in [2.05, 4.69) is 73.4 Å². The van der Waals surface area contributed by atoms with Crippen LogP contribution in [0.25, 0.3) is 21.9 Å². The van der Waals surface area contributed by atoms with E-state index in [9.17, 15) is 10.1 Å². The molecule has 3 saturated heterocycles.